The van der Waals surface area contributed by atoms with Crippen LogP contribution in [-0.2, 0) is 19.7 Å². The topological polar surface area (TPSA) is 92.9 Å². The third-order valence-corrected chi connectivity index (χ3v) is 5.83. The molecule has 2 aliphatic heterocycles. The van der Waals surface area contributed by atoms with Gasteiger partial charge in [0.2, 0.25) is 0 Å². The summed E-state index contributed by atoms with van der Waals surface area (Å²) < 4.78 is 32.3. The van der Waals surface area contributed by atoms with E-state index in [1.165, 1.54) is 15.7 Å². The molecule has 19 heavy (non-hydrogen) atoms. The fourth-order valence-electron chi connectivity index (χ4n) is 2.62. The van der Waals surface area contributed by atoms with Crippen LogP contribution >= 0.6 is 0 Å². The maximum atomic E-state index is 12.4. The van der Waals surface area contributed by atoms with Crippen molar-refractivity contribution in [3.05, 3.63) is 0 Å². The number of methoxy groups -OCH3 is 1. The highest BCUT2D eigenvalue weighted by Crippen LogP contribution is 2.24. The van der Waals surface area contributed by atoms with Gasteiger partial charge in [0.15, 0.2) is 0 Å². The molecule has 0 aromatic rings. The van der Waals surface area contributed by atoms with Crippen molar-refractivity contribution in [1.29, 1.82) is 0 Å². The summed E-state index contributed by atoms with van der Waals surface area (Å²) in [4.78, 5) is 11.4. The van der Waals surface area contributed by atoms with Crippen LogP contribution in [0.2, 0.25) is 0 Å². The average molecular weight is 291 g/mol. The van der Waals surface area contributed by atoms with E-state index in [-0.39, 0.29) is 17.9 Å². The second-order valence-corrected chi connectivity index (χ2v) is 7.04. The number of hydrogen-bond donors (Lipinski definition) is 1. The number of nitrogens with zero attached hydrogens (tertiary/aromatic N) is 2. The standard InChI is InChI=1S/C11H21N3O4S/c1-18-11(15)9-2-5-13(6-3-9)19(16,17)14-7-4-10(12)8-14/h9-10H,2-8,12H2,1H3/t10-/m0/s1. The minimum absolute atomic E-state index is 0.0672. The molecule has 0 unspecified atom stereocenters. The van der Waals surface area contributed by atoms with Crippen LogP contribution in [0.25, 0.3) is 0 Å². The van der Waals surface area contributed by atoms with Gasteiger partial charge >= 0.3 is 5.97 Å². The van der Waals surface area contributed by atoms with E-state index in [0.717, 1.165) is 0 Å². The van der Waals surface area contributed by atoms with Crippen molar-refractivity contribution in [3.8, 4) is 0 Å². The first-order valence-corrected chi connectivity index (χ1v) is 7.93. The molecule has 0 bridgehead atoms. The molecule has 0 aromatic heterocycles. The Morgan fingerprint density at radius 3 is 2.21 bits per heavy atom. The number of nitrogens with two attached hydrogens (primary N) is 1. The molecule has 2 aliphatic rings. The molecule has 0 radical (unpaired) electrons. The molecule has 2 saturated heterocycles. The minimum Gasteiger partial charge on any atom is -0.469 e. The fraction of sp³-hybridized carbons (Fsp3) is 0.909. The van der Waals surface area contributed by atoms with E-state index >= 15 is 0 Å². The van der Waals surface area contributed by atoms with Gasteiger partial charge in [-0.3, -0.25) is 4.79 Å². The zero-order valence-electron chi connectivity index (χ0n) is 11.1. The molecule has 2 fully saturated rings. The van der Waals surface area contributed by atoms with E-state index in [1.807, 2.05) is 0 Å². The number of rotatable bonds is 3. The second-order valence-electron chi connectivity index (χ2n) is 5.11. The van der Waals surface area contributed by atoms with Crippen LogP contribution in [0.5, 0.6) is 0 Å². The first-order chi connectivity index (χ1) is 8.95. The van der Waals surface area contributed by atoms with E-state index in [4.69, 9.17) is 10.5 Å². The molecule has 2 N–H and O–H groups in total. The maximum Gasteiger partial charge on any atom is 0.308 e. The molecule has 2 heterocycles. The summed E-state index contributed by atoms with van der Waals surface area (Å²) in [5, 5.41) is 0. The van der Waals surface area contributed by atoms with Gasteiger partial charge in [-0.2, -0.15) is 17.0 Å². The number of carbonyl (C=O) groups is 1. The fourth-order valence-corrected chi connectivity index (χ4v) is 4.33. The smallest absolute Gasteiger partial charge is 0.308 e. The van der Waals surface area contributed by atoms with Gasteiger partial charge in [0.1, 0.15) is 0 Å². The first kappa shape index (κ1) is 14.7. The summed E-state index contributed by atoms with van der Waals surface area (Å²) in [6.07, 6.45) is 1.75. The lowest BCUT2D eigenvalue weighted by atomic mass is 9.99. The van der Waals surface area contributed by atoms with Crippen LogP contribution in [-0.4, -0.2) is 62.3 Å². The van der Waals surface area contributed by atoms with Gasteiger partial charge in [0.25, 0.3) is 10.2 Å². The van der Waals surface area contributed by atoms with E-state index in [0.29, 0.717) is 45.4 Å². The predicted molar refractivity (Wildman–Crippen MR) is 69.4 cm³/mol. The SMILES string of the molecule is COC(=O)C1CCN(S(=O)(=O)N2CC[C@H](N)C2)CC1. The van der Waals surface area contributed by atoms with Crippen LogP contribution in [0.1, 0.15) is 19.3 Å². The monoisotopic (exact) mass is 291 g/mol. The third kappa shape index (κ3) is 3.07. The lowest BCUT2D eigenvalue weighted by Crippen LogP contribution is -2.47. The summed E-state index contributed by atoms with van der Waals surface area (Å²) in [5.41, 5.74) is 5.75. The summed E-state index contributed by atoms with van der Waals surface area (Å²) in [6.45, 7) is 1.61. The Morgan fingerprint density at radius 2 is 1.74 bits per heavy atom. The summed E-state index contributed by atoms with van der Waals surface area (Å²) in [7, 11) is -2.06. The van der Waals surface area contributed by atoms with Crippen molar-refractivity contribution in [2.75, 3.05) is 33.3 Å². The number of ether oxygens (including phenoxy) is 1. The Morgan fingerprint density at radius 1 is 1.16 bits per heavy atom. The van der Waals surface area contributed by atoms with Crippen LogP contribution in [0, 0.1) is 5.92 Å². The van der Waals surface area contributed by atoms with Crippen LogP contribution in [0.3, 0.4) is 0 Å². The first-order valence-electron chi connectivity index (χ1n) is 6.53. The molecule has 7 nitrogen and oxygen atoms in total. The van der Waals surface area contributed by atoms with Gasteiger partial charge in [0.05, 0.1) is 13.0 Å². The zero-order chi connectivity index (χ0) is 14.0. The van der Waals surface area contributed by atoms with Crippen LogP contribution < -0.4 is 5.73 Å². The van der Waals surface area contributed by atoms with E-state index in [9.17, 15) is 13.2 Å². The Balaban J connectivity index is 1.95. The normalized spacial score (nSPS) is 27.6. The van der Waals surface area contributed by atoms with Gasteiger partial charge in [-0.25, -0.2) is 0 Å². The largest absolute Gasteiger partial charge is 0.469 e. The molecule has 0 spiro atoms. The highest BCUT2D eigenvalue weighted by Gasteiger charge is 2.37. The molecular formula is C11H21N3O4S. The number of piperidine rings is 1. The lowest BCUT2D eigenvalue weighted by Gasteiger charge is -2.32. The van der Waals surface area contributed by atoms with Gasteiger partial charge in [-0.15, -0.1) is 0 Å². The molecular weight excluding hydrogens is 270 g/mol. The van der Waals surface area contributed by atoms with Crippen molar-refractivity contribution in [1.82, 2.24) is 8.61 Å². The zero-order valence-corrected chi connectivity index (χ0v) is 11.9. The Hall–Kier alpha value is -0.700. The second kappa shape index (κ2) is 5.74. The lowest BCUT2D eigenvalue weighted by molar-refractivity contribution is -0.146. The number of carbonyl (C=O) groups excluding carboxylic acids is 1. The highest BCUT2D eigenvalue weighted by molar-refractivity contribution is 7.86. The molecule has 2 rings (SSSR count). The van der Waals surface area contributed by atoms with Crippen molar-refractivity contribution >= 4 is 16.2 Å². The Kier molecular flexibility index (Phi) is 4.44. The molecule has 0 amide bonds. The third-order valence-electron chi connectivity index (χ3n) is 3.83. The van der Waals surface area contributed by atoms with Crippen molar-refractivity contribution < 1.29 is 17.9 Å². The minimum atomic E-state index is -3.42. The molecule has 8 heteroatoms. The van der Waals surface area contributed by atoms with Gasteiger partial charge in [-0.1, -0.05) is 0 Å². The van der Waals surface area contributed by atoms with Crippen molar-refractivity contribution in [2.24, 2.45) is 11.7 Å². The predicted octanol–water partition coefficient (Wildman–Crippen LogP) is -0.851. The molecule has 0 aromatic carbocycles. The number of esters is 1. The van der Waals surface area contributed by atoms with E-state index in [1.54, 1.807) is 0 Å². The molecule has 1 atom stereocenters. The summed E-state index contributed by atoms with van der Waals surface area (Å²) >= 11 is 0. The maximum absolute atomic E-state index is 12.4. The van der Waals surface area contributed by atoms with Gasteiger partial charge < -0.3 is 10.5 Å². The highest BCUT2D eigenvalue weighted by atomic mass is 32.2. The molecule has 110 valence electrons. The van der Waals surface area contributed by atoms with Crippen LogP contribution in [0.15, 0.2) is 0 Å². The average Bonchev–Trinajstić information content (AvgIpc) is 2.85. The van der Waals surface area contributed by atoms with Gasteiger partial charge in [0, 0.05) is 32.2 Å². The number of hydrogen-bond acceptors (Lipinski definition) is 5. The van der Waals surface area contributed by atoms with E-state index in [2.05, 4.69) is 0 Å². The Bertz CT molecular complexity index is 431. The van der Waals surface area contributed by atoms with Gasteiger partial charge in [-0.05, 0) is 19.3 Å². The van der Waals surface area contributed by atoms with Crippen molar-refractivity contribution in [3.63, 3.8) is 0 Å². The quantitative estimate of drug-likeness (QED) is 0.684. The molecule has 0 aliphatic carbocycles. The van der Waals surface area contributed by atoms with Crippen molar-refractivity contribution in [2.45, 2.75) is 25.3 Å². The van der Waals surface area contributed by atoms with Crippen LogP contribution in [0.4, 0.5) is 0 Å². The summed E-state index contributed by atoms with van der Waals surface area (Å²) in [6, 6.07) is -0.0672. The Labute approximate surface area is 113 Å². The summed E-state index contributed by atoms with van der Waals surface area (Å²) in [5.74, 6) is -0.433. The molecule has 0 saturated carbocycles. The van der Waals surface area contributed by atoms with E-state index < -0.39 is 10.2 Å².